The Morgan fingerprint density at radius 2 is 2.05 bits per heavy atom. The zero-order valence-corrected chi connectivity index (χ0v) is 14.3. The van der Waals surface area contributed by atoms with Crippen LogP contribution in [-0.4, -0.2) is 15.7 Å². The Labute approximate surface area is 130 Å². The number of aromatic nitrogens is 2. The highest BCUT2D eigenvalue weighted by Crippen LogP contribution is 2.35. The van der Waals surface area contributed by atoms with Crippen LogP contribution < -0.4 is 0 Å². The molecule has 1 aliphatic carbocycles. The molecule has 0 aromatic carbocycles. The average molecular weight is 348 g/mol. The molecule has 0 spiro atoms. The molecule has 0 radical (unpaired) electrons. The highest BCUT2D eigenvalue weighted by Gasteiger charge is 2.27. The Morgan fingerprint density at radius 3 is 2.58 bits per heavy atom. The lowest BCUT2D eigenvalue weighted by Gasteiger charge is -2.21. The summed E-state index contributed by atoms with van der Waals surface area (Å²) in [6.07, 6.45) is 7.52. The third-order valence-electron chi connectivity index (χ3n) is 4.41. The maximum absolute atomic E-state index is 6.24. The van der Waals surface area contributed by atoms with Crippen LogP contribution in [0.3, 0.4) is 0 Å². The number of hydrogen-bond acceptors (Lipinski definition) is 1. The van der Waals surface area contributed by atoms with E-state index in [-0.39, 0.29) is 0 Å². The van der Waals surface area contributed by atoms with E-state index < -0.39 is 0 Å². The van der Waals surface area contributed by atoms with Crippen molar-refractivity contribution in [3.63, 3.8) is 0 Å². The molecular weight excluding hydrogens is 324 g/mol. The quantitative estimate of drug-likeness (QED) is 0.675. The molecule has 0 bridgehead atoms. The highest BCUT2D eigenvalue weighted by atomic mass is 79.9. The number of nitrogens with zero attached hydrogens (tertiary/aromatic N) is 2. The van der Waals surface area contributed by atoms with E-state index in [9.17, 15) is 0 Å². The molecular formula is C15H24BrClN2. The summed E-state index contributed by atoms with van der Waals surface area (Å²) in [5.41, 5.74) is 2.52. The molecule has 4 heteroatoms. The van der Waals surface area contributed by atoms with Gasteiger partial charge in [-0.25, -0.2) is 0 Å². The Bertz CT molecular complexity index is 411. The number of hydrogen-bond donors (Lipinski definition) is 0. The first kappa shape index (κ1) is 15.4. The topological polar surface area (TPSA) is 17.8 Å². The molecule has 1 fully saturated rings. The lowest BCUT2D eigenvalue weighted by molar-refractivity contribution is 0.360. The molecule has 0 amide bonds. The van der Waals surface area contributed by atoms with Gasteiger partial charge in [-0.2, -0.15) is 5.10 Å². The highest BCUT2D eigenvalue weighted by molar-refractivity contribution is 9.10. The van der Waals surface area contributed by atoms with Gasteiger partial charge in [-0.1, -0.05) is 32.6 Å². The maximum atomic E-state index is 6.24. The molecule has 19 heavy (non-hydrogen) atoms. The lowest BCUT2D eigenvalue weighted by atomic mass is 9.88. The van der Waals surface area contributed by atoms with Crippen LogP contribution in [0.4, 0.5) is 0 Å². The number of aryl methyl sites for hydroxylation is 2. The van der Waals surface area contributed by atoms with E-state index >= 15 is 0 Å². The molecule has 0 N–H and O–H groups in total. The molecule has 108 valence electrons. The molecule has 1 aliphatic rings. The van der Waals surface area contributed by atoms with Crippen molar-refractivity contribution < 1.29 is 0 Å². The minimum absolute atomic E-state index is 0.604. The molecule has 1 saturated carbocycles. The summed E-state index contributed by atoms with van der Waals surface area (Å²) in [4.78, 5) is 0. The van der Waals surface area contributed by atoms with Gasteiger partial charge in [-0.3, -0.25) is 4.68 Å². The van der Waals surface area contributed by atoms with E-state index in [1.54, 1.807) is 0 Å². The lowest BCUT2D eigenvalue weighted by Crippen LogP contribution is -2.18. The molecule has 1 aromatic heterocycles. The van der Waals surface area contributed by atoms with Crippen LogP contribution in [-0.2, 0) is 19.4 Å². The second-order valence-corrected chi connectivity index (χ2v) is 6.64. The fourth-order valence-corrected chi connectivity index (χ4v) is 4.32. The first-order valence-electron chi connectivity index (χ1n) is 7.51. The van der Waals surface area contributed by atoms with Gasteiger partial charge in [-0.05, 0) is 47.5 Å². The molecule has 1 unspecified atom stereocenters. The standard InChI is InChI=1S/C15H24BrClN2/c1-3-13-15(16)14(19(4-2)18-13)9-12(10-17)11-7-5-6-8-11/h11-12H,3-10H2,1-2H3. The predicted molar refractivity (Wildman–Crippen MR) is 84.9 cm³/mol. The normalized spacial score (nSPS) is 18.1. The van der Waals surface area contributed by atoms with Crippen LogP contribution in [0.15, 0.2) is 4.47 Å². The van der Waals surface area contributed by atoms with Crippen LogP contribution >= 0.6 is 27.5 Å². The van der Waals surface area contributed by atoms with E-state index in [2.05, 4.69) is 39.6 Å². The van der Waals surface area contributed by atoms with Crippen molar-refractivity contribution in [2.24, 2.45) is 11.8 Å². The number of alkyl halides is 1. The second kappa shape index (κ2) is 7.12. The molecule has 2 rings (SSSR count). The van der Waals surface area contributed by atoms with Crippen molar-refractivity contribution >= 4 is 27.5 Å². The SMILES string of the molecule is CCc1nn(CC)c(CC(CCl)C2CCCC2)c1Br. The van der Waals surface area contributed by atoms with Crippen molar-refractivity contribution in [3.05, 3.63) is 15.9 Å². The predicted octanol–water partition coefficient (Wildman–Crippen LogP) is 4.82. The van der Waals surface area contributed by atoms with E-state index in [1.807, 2.05) is 0 Å². The van der Waals surface area contributed by atoms with Gasteiger partial charge in [0.1, 0.15) is 0 Å². The molecule has 1 aromatic rings. The van der Waals surface area contributed by atoms with Gasteiger partial charge in [0.05, 0.1) is 15.9 Å². The fraction of sp³-hybridized carbons (Fsp3) is 0.800. The first-order valence-corrected chi connectivity index (χ1v) is 8.83. The third kappa shape index (κ3) is 3.36. The van der Waals surface area contributed by atoms with Gasteiger partial charge in [0.2, 0.25) is 0 Å². The van der Waals surface area contributed by atoms with Crippen LogP contribution in [0.1, 0.15) is 50.9 Å². The fourth-order valence-electron chi connectivity index (χ4n) is 3.24. The van der Waals surface area contributed by atoms with Gasteiger partial charge in [-0.15, -0.1) is 11.6 Å². The molecule has 2 nitrogen and oxygen atoms in total. The zero-order valence-electron chi connectivity index (χ0n) is 12.0. The Hall–Kier alpha value is -0.0200. The first-order chi connectivity index (χ1) is 9.21. The van der Waals surface area contributed by atoms with Crippen LogP contribution in [0.25, 0.3) is 0 Å². The summed E-state index contributed by atoms with van der Waals surface area (Å²) in [5.74, 6) is 2.19. The van der Waals surface area contributed by atoms with Crippen LogP contribution in [0.2, 0.25) is 0 Å². The van der Waals surface area contributed by atoms with E-state index in [1.165, 1.54) is 41.5 Å². The maximum Gasteiger partial charge on any atom is 0.0766 e. The molecule has 1 heterocycles. The van der Waals surface area contributed by atoms with E-state index in [4.69, 9.17) is 11.6 Å². The molecule has 0 aliphatic heterocycles. The smallest absolute Gasteiger partial charge is 0.0766 e. The van der Waals surface area contributed by atoms with Gasteiger partial charge < -0.3 is 0 Å². The average Bonchev–Trinajstić information content (AvgIpc) is 3.04. The monoisotopic (exact) mass is 346 g/mol. The summed E-state index contributed by atoms with van der Waals surface area (Å²) < 4.78 is 3.36. The van der Waals surface area contributed by atoms with Gasteiger partial charge in [0.15, 0.2) is 0 Å². The van der Waals surface area contributed by atoms with Crippen molar-refractivity contribution in [2.45, 2.75) is 58.9 Å². The summed E-state index contributed by atoms with van der Waals surface area (Å²) in [7, 11) is 0. The largest absolute Gasteiger partial charge is 0.268 e. The minimum Gasteiger partial charge on any atom is -0.268 e. The van der Waals surface area contributed by atoms with Crippen LogP contribution in [0, 0.1) is 11.8 Å². The van der Waals surface area contributed by atoms with E-state index in [0.717, 1.165) is 31.2 Å². The van der Waals surface area contributed by atoms with Gasteiger partial charge in [0.25, 0.3) is 0 Å². The summed E-state index contributed by atoms with van der Waals surface area (Å²) in [5, 5.41) is 4.69. The van der Waals surface area contributed by atoms with Crippen molar-refractivity contribution in [1.29, 1.82) is 0 Å². The van der Waals surface area contributed by atoms with E-state index in [0.29, 0.717) is 5.92 Å². The van der Waals surface area contributed by atoms with Gasteiger partial charge >= 0.3 is 0 Å². The summed E-state index contributed by atoms with van der Waals surface area (Å²) in [6, 6.07) is 0. The van der Waals surface area contributed by atoms with Crippen molar-refractivity contribution in [2.75, 3.05) is 5.88 Å². The Kier molecular flexibility index (Phi) is 5.76. The van der Waals surface area contributed by atoms with Gasteiger partial charge in [0, 0.05) is 12.4 Å². The number of rotatable bonds is 6. The molecule has 0 saturated heterocycles. The number of halogens is 2. The van der Waals surface area contributed by atoms with Crippen molar-refractivity contribution in [3.8, 4) is 0 Å². The third-order valence-corrected chi connectivity index (χ3v) is 5.73. The summed E-state index contributed by atoms with van der Waals surface area (Å²) >= 11 is 9.98. The zero-order chi connectivity index (χ0) is 13.8. The second-order valence-electron chi connectivity index (χ2n) is 5.54. The summed E-state index contributed by atoms with van der Waals surface area (Å²) in [6.45, 7) is 5.26. The Balaban J connectivity index is 2.18. The Morgan fingerprint density at radius 1 is 1.37 bits per heavy atom. The van der Waals surface area contributed by atoms with Crippen LogP contribution in [0.5, 0.6) is 0 Å². The minimum atomic E-state index is 0.604. The molecule has 1 atom stereocenters. The van der Waals surface area contributed by atoms with Crippen molar-refractivity contribution in [1.82, 2.24) is 9.78 Å².